The molecule has 0 bridgehead atoms. The summed E-state index contributed by atoms with van der Waals surface area (Å²) in [5, 5.41) is 3.65. The molecule has 0 fully saturated rings. The van der Waals surface area contributed by atoms with E-state index in [2.05, 4.69) is 31.3 Å². The zero-order valence-corrected chi connectivity index (χ0v) is 7.64. The predicted octanol–water partition coefficient (Wildman–Crippen LogP) is 2.48. The molecule has 0 spiro atoms. The van der Waals surface area contributed by atoms with Gasteiger partial charge in [-0.2, -0.15) is 0 Å². The first-order chi connectivity index (χ1) is 5.36. The lowest BCUT2D eigenvalue weighted by Crippen LogP contribution is -2.35. The molecule has 1 rings (SSSR count). The van der Waals surface area contributed by atoms with Gasteiger partial charge in [-0.05, 0) is 25.7 Å². The number of nitrogens with one attached hydrogen (secondary N) is 1. The second-order valence-electron chi connectivity index (χ2n) is 3.32. The zero-order chi connectivity index (χ0) is 8.10. The molecule has 0 unspecified atom stereocenters. The molecule has 0 aromatic carbocycles. The molecule has 0 atom stereocenters. The Bertz CT molecular complexity index is 117. The van der Waals surface area contributed by atoms with Gasteiger partial charge in [-0.1, -0.05) is 26.0 Å². The molecule has 11 heavy (non-hydrogen) atoms. The van der Waals surface area contributed by atoms with E-state index in [1.807, 2.05) is 0 Å². The van der Waals surface area contributed by atoms with Crippen LogP contribution in [-0.4, -0.2) is 12.1 Å². The molecule has 0 heterocycles. The van der Waals surface area contributed by atoms with E-state index in [4.69, 9.17) is 0 Å². The number of hydrogen-bond acceptors (Lipinski definition) is 1. The average Bonchev–Trinajstić information content (AvgIpc) is 2.52. The van der Waals surface area contributed by atoms with E-state index in [1.165, 1.54) is 25.7 Å². The maximum absolute atomic E-state index is 3.65. The van der Waals surface area contributed by atoms with Crippen molar-refractivity contribution in [2.24, 2.45) is 0 Å². The van der Waals surface area contributed by atoms with Gasteiger partial charge in [0.05, 0.1) is 0 Å². The molecule has 0 saturated carbocycles. The lowest BCUT2D eigenvalue weighted by molar-refractivity contribution is 0.418. The van der Waals surface area contributed by atoms with E-state index >= 15 is 0 Å². The highest BCUT2D eigenvalue weighted by Gasteiger charge is 2.12. The first kappa shape index (κ1) is 8.79. The van der Waals surface area contributed by atoms with Crippen molar-refractivity contribution in [3.63, 3.8) is 0 Å². The van der Waals surface area contributed by atoms with E-state index < -0.39 is 0 Å². The lowest BCUT2D eigenvalue weighted by atomic mass is 10.1. The van der Waals surface area contributed by atoms with Crippen molar-refractivity contribution < 1.29 is 0 Å². The van der Waals surface area contributed by atoms with Gasteiger partial charge in [0.2, 0.25) is 0 Å². The Hall–Kier alpha value is -0.300. The van der Waals surface area contributed by atoms with Crippen LogP contribution in [0.2, 0.25) is 0 Å². The maximum atomic E-state index is 3.65. The van der Waals surface area contributed by atoms with Gasteiger partial charge in [0.1, 0.15) is 0 Å². The average molecular weight is 153 g/mol. The highest BCUT2D eigenvalue weighted by molar-refractivity contribution is 4.98. The van der Waals surface area contributed by atoms with Crippen LogP contribution in [-0.2, 0) is 0 Å². The van der Waals surface area contributed by atoms with Crippen LogP contribution in [0.5, 0.6) is 0 Å². The Morgan fingerprint density at radius 3 is 2.27 bits per heavy atom. The maximum Gasteiger partial charge on any atom is 0.0139 e. The molecule has 1 aliphatic rings. The van der Waals surface area contributed by atoms with Crippen molar-refractivity contribution in [3.05, 3.63) is 12.2 Å². The molecular formula is C10H19N. The fourth-order valence-electron chi connectivity index (χ4n) is 1.61. The highest BCUT2D eigenvalue weighted by Crippen LogP contribution is 2.11. The van der Waals surface area contributed by atoms with E-state index in [0.717, 1.165) is 12.1 Å². The SMILES string of the molecule is CCC(CC)NC1CC=CC1. The fraction of sp³-hybridized carbons (Fsp3) is 0.800. The summed E-state index contributed by atoms with van der Waals surface area (Å²) in [5.74, 6) is 0. The quantitative estimate of drug-likeness (QED) is 0.612. The van der Waals surface area contributed by atoms with Crippen LogP contribution in [0.4, 0.5) is 0 Å². The molecular weight excluding hydrogens is 134 g/mol. The highest BCUT2D eigenvalue weighted by atomic mass is 14.9. The summed E-state index contributed by atoms with van der Waals surface area (Å²) < 4.78 is 0. The smallest absolute Gasteiger partial charge is 0.0139 e. The molecule has 0 radical (unpaired) electrons. The predicted molar refractivity (Wildman–Crippen MR) is 49.7 cm³/mol. The van der Waals surface area contributed by atoms with Gasteiger partial charge in [0, 0.05) is 12.1 Å². The van der Waals surface area contributed by atoms with Gasteiger partial charge >= 0.3 is 0 Å². The summed E-state index contributed by atoms with van der Waals surface area (Å²) in [6.07, 6.45) is 9.53. The van der Waals surface area contributed by atoms with Gasteiger partial charge in [-0.3, -0.25) is 0 Å². The summed E-state index contributed by atoms with van der Waals surface area (Å²) in [6.45, 7) is 4.51. The van der Waals surface area contributed by atoms with Crippen molar-refractivity contribution in [3.8, 4) is 0 Å². The molecule has 0 aromatic heterocycles. The Morgan fingerprint density at radius 2 is 1.82 bits per heavy atom. The second-order valence-corrected chi connectivity index (χ2v) is 3.32. The van der Waals surface area contributed by atoms with Crippen LogP contribution in [0.15, 0.2) is 12.2 Å². The third kappa shape index (κ3) is 2.66. The minimum Gasteiger partial charge on any atom is -0.311 e. The van der Waals surface area contributed by atoms with E-state index in [9.17, 15) is 0 Å². The first-order valence-electron chi connectivity index (χ1n) is 4.77. The van der Waals surface area contributed by atoms with Gasteiger partial charge in [-0.25, -0.2) is 0 Å². The van der Waals surface area contributed by atoms with Gasteiger partial charge in [-0.15, -0.1) is 0 Å². The fourth-order valence-corrected chi connectivity index (χ4v) is 1.61. The van der Waals surface area contributed by atoms with Crippen molar-refractivity contribution in [2.45, 2.75) is 51.6 Å². The molecule has 1 heteroatoms. The first-order valence-corrected chi connectivity index (χ1v) is 4.77. The Labute approximate surface area is 69.9 Å². The van der Waals surface area contributed by atoms with E-state index in [1.54, 1.807) is 0 Å². The molecule has 0 aliphatic heterocycles. The van der Waals surface area contributed by atoms with Crippen molar-refractivity contribution in [1.82, 2.24) is 5.32 Å². The summed E-state index contributed by atoms with van der Waals surface area (Å²) in [7, 11) is 0. The van der Waals surface area contributed by atoms with Crippen LogP contribution < -0.4 is 5.32 Å². The van der Waals surface area contributed by atoms with Crippen LogP contribution in [0, 0.1) is 0 Å². The molecule has 1 N–H and O–H groups in total. The summed E-state index contributed by atoms with van der Waals surface area (Å²) in [6, 6.07) is 1.47. The van der Waals surface area contributed by atoms with E-state index in [-0.39, 0.29) is 0 Å². The molecule has 1 nitrogen and oxygen atoms in total. The Balaban J connectivity index is 2.17. The summed E-state index contributed by atoms with van der Waals surface area (Å²) in [5.41, 5.74) is 0. The molecule has 1 aliphatic carbocycles. The summed E-state index contributed by atoms with van der Waals surface area (Å²) >= 11 is 0. The third-order valence-electron chi connectivity index (χ3n) is 2.46. The minimum atomic E-state index is 0.736. The topological polar surface area (TPSA) is 12.0 Å². The van der Waals surface area contributed by atoms with Crippen LogP contribution in [0.1, 0.15) is 39.5 Å². The Morgan fingerprint density at radius 1 is 1.27 bits per heavy atom. The van der Waals surface area contributed by atoms with Gasteiger partial charge < -0.3 is 5.32 Å². The lowest BCUT2D eigenvalue weighted by Gasteiger charge is -2.19. The molecule has 0 saturated heterocycles. The monoisotopic (exact) mass is 153 g/mol. The largest absolute Gasteiger partial charge is 0.311 e. The van der Waals surface area contributed by atoms with Crippen molar-refractivity contribution >= 4 is 0 Å². The second kappa shape index (κ2) is 4.55. The summed E-state index contributed by atoms with van der Waals surface area (Å²) in [4.78, 5) is 0. The van der Waals surface area contributed by atoms with Crippen molar-refractivity contribution in [2.75, 3.05) is 0 Å². The number of rotatable bonds is 4. The standard InChI is InChI=1S/C10H19N/c1-3-9(4-2)11-10-7-5-6-8-10/h5-6,9-11H,3-4,7-8H2,1-2H3. The minimum absolute atomic E-state index is 0.736. The van der Waals surface area contributed by atoms with Crippen LogP contribution in [0.25, 0.3) is 0 Å². The molecule has 64 valence electrons. The van der Waals surface area contributed by atoms with Crippen LogP contribution >= 0.6 is 0 Å². The van der Waals surface area contributed by atoms with Gasteiger partial charge in [0.15, 0.2) is 0 Å². The number of hydrogen-bond donors (Lipinski definition) is 1. The Kier molecular flexibility index (Phi) is 3.64. The third-order valence-corrected chi connectivity index (χ3v) is 2.46. The van der Waals surface area contributed by atoms with Crippen LogP contribution in [0.3, 0.4) is 0 Å². The van der Waals surface area contributed by atoms with E-state index in [0.29, 0.717) is 0 Å². The zero-order valence-electron chi connectivity index (χ0n) is 7.64. The van der Waals surface area contributed by atoms with Gasteiger partial charge in [0.25, 0.3) is 0 Å². The normalized spacial score (nSPS) is 18.5. The molecule has 0 aromatic rings. The van der Waals surface area contributed by atoms with Crippen molar-refractivity contribution in [1.29, 1.82) is 0 Å². The molecule has 0 amide bonds.